The maximum absolute atomic E-state index is 4.36. The lowest BCUT2D eigenvalue weighted by molar-refractivity contribution is 0.185. The molecule has 0 radical (unpaired) electrons. The fourth-order valence-electron chi connectivity index (χ4n) is 3.18. The van der Waals surface area contributed by atoms with Crippen molar-refractivity contribution in [3.05, 3.63) is 45.6 Å². The molecule has 0 saturated heterocycles. The summed E-state index contributed by atoms with van der Waals surface area (Å²) >= 11 is 2.37. The Morgan fingerprint density at radius 2 is 2.17 bits per heavy atom. The van der Waals surface area contributed by atoms with Crippen LogP contribution in [0.2, 0.25) is 0 Å². The van der Waals surface area contributed by atoms with Crippen LogP contribution in [0.15, 0.2) is 30.6 Å². The molecule has 1 saturated carbocycles. The first kappa shape index (κ1) is 12.1. The first-order valence-electron chi connectivity index (χ1n) is 6.22. The Morgan fingerprint density at radius 3 is 2.72 bits per heavy atom. The van der Waals surface area contributed by atoms with E-state index in [1.807, 2.05) is 7.05 Å². The Hall–Kier alpha value is -0.910. The Balaban J connectivity index is 2.11. The summed E-state index contributed by atoms with van der Waals surface area (Å²) in [5, 5.41) is 8.41. The quantitative estimate of drug-likeness (QED) is 0.777. The van der Waals surface area contributed by atoms with E-state index in [0.29, 0.717) is 0 Å². The number of nitrogens with zero attached hydrogens (tertiary/aromatic N) is 3. The van der Waals surface area contributed by atoms with Gasteiger partial charge in [0.2, 0.25) is 0 Å². The third kappa shape index (κ3) is 1.77. The molecule has 0 amide bonds. The lowest BCUT2D eigenvalue weighted by Crippen LogP contribution is -2.43. The second kappa shape index (κ2) is 4.33. The van der Waals surface area contributed by atoms with Crippen LogP contribution < -0.4 is 0 Å². The summed E-state index contributed by atoms with van der Waals surface area (Å²) in [6.07, 6.45) is 4.13. The highest BCUT2D eigenvalue weighted by atomic mass is 127. The lowest BCUT2D eigenvalue weighted by atomic mass is 9.58. The highest BCUT2D eigenvalue weighted by molar-refractivity contribution is 14.1. The summed E-state index contributed by atoms with van der Waals surface area (Å²) in [6, 6.07) is 8.78. The maximum atomic E-state index is 4.36. The Bertz CT molecular complexity index is 570. The molecule has 0 N–H and O–H groups in total. The molecule has 18 heavy (non-hydrogen) atoms. The van der Waals surface area contributed by atoms with Crippen molar-refractivity contribution >= 4 is 22.6 Å². The van der Waals surface area contributed by atoms with Gasteiger partial charge in [0.05, 0.1) is 5.41 Å². The third-order valence-corrected chi connectivity index (χ3v) is 4.58. The molecule has 0 aliphatic heterocycles. The predicted octanol–water partition coefficient (Wildman–Crippen LogP) is 3.14. The van der Waals surface area contributed by atoms with Crippen molar-refractivity contribution in [1.82, 2.24) is 14.8 Å². The number of aromatic nitrogens is 3. The first-order valence-corrected chi connectivity index (χ1v) is 7.30. The van der Waals surface area contributed by atoms with Gasteiger partial charge in [-0.05, 0) is 59.0 Å². The summed E-state index contributed by atoms with van der Waals surface area (Å²) in [7, 11) is 2.04. The van der Waals surface area contributed by atoms with Gasteiger partial charge < -0.3 is 4.57 Å². The molecule has 1 aliphatic rings. The SMILES string of the molecule is CC1CC(c2cccc(I)c2)(c2nncn2C)C1. The highest BCUT2D eigenvalue weighted by Gasteiger charge is 2.48. The largest absolute Gasteiger partial charge is 0.320 e. The smallest absolute Gasteiger partial charge is 0.143 e. The van der Waals surface area contributed by atoms with Crippen LogP contribution >= 0.6 is 22.6 Å². The average molecular weight is 353 g/mol. The summed E-state index contributed by atoms with van der Waals surface area (Å²) in [4.78, 5) is 0. The molecule has 1 heterocycles. The monoisotopic (exact) mass is 353 g/mol. The van der Waals surface area contributed by atoms with E-state index < -0.39 is 0 Å². The third-order valence-electron chi connectivity index (χ3n) is 3.91. The zero-order valence-electron chi connectivity index (χ0n) is 10.6. The van der Waals surface area contributed by atoms with Crippen LogP contribution in [0.3, 0.4) is 0 Å². The first-order chi connectivity index (χ1) is 8.62. The zero-order chi connectivity index (χ0) is 12.8. The van der Waals surface area contributed by atoms with E-state index in [4.69, 9.17) is 0 Å². The van der Waals surface area contributed by atoms with Crippen molar-refractivity contribution in [3.8, 4) is 0 Å². The number of hydrogen-bond donors (Lipinski definition) is 0. The molecule has 1 aromatic carbocycles. The van der Waals surface area contributed by atoms with Crippen molar-refractivity contribution in [2.45, 2.75) is 25.2 Å². The molecular formula is C14H16IN3. The maximum Gasteiger partial charge on any atom is 0.143 e. The van der Waals surface area contributed by atoms with Crippen LogP contribution in [-0.4, -0.2) is 14.8 Å². The molecule has 3 rings (SSSR count). The highest BCUT2D eigenvalue weighted by Crippen LogP contribution is 2.51. The molecule has 1 aliphatic carbocycles. The zero-order valence-corrected chi connectivity index (χ0v) is 12.8. The molecule has 1 fully saturated rings. The Kier molecular flexibility index (Phi) is 2.92. The van der Waals surface area contributed by atoms with Crippen LogP contribution in [0.4, 0.5) is 0 Å². The number of benzene rings is 1. The summed E-state index contributed by atoms with van der Waals surface area (Å²) < 4.78 is 3.34. The van der Waals surface area contributed by atoms with E-state index in [1.165, 1.54) is 22.0 Å². The fraction of sp³-hybridized carbons (Fsp3) is 0.429. The van der Waals surface area contributed by atoms with Gasteiger partial charge >= 0.3 is 0 Å². The van der Waals surface area contributed by atoms with E-state index in [-0.39, 0.29) is 5.41 Å². The molecule has 3 nitrogen and oxygen atoms in total. The summed E-state index contributed by atoms with van der Waals surface area (Å²) in [6.45, 7) is 2.31. The minimum atomic E-state index is 0.0752. The topological polar surface area (TPSA) is 30.7 Å². The molecular weight excluding hydrogens is 337 g/mol. The van der Waals surface area contributed by atoms with Crippen LogP contribution in [0.1, 0.15) is 31.2 Å². The molecule has 0 atom stereocenters. The second-order valence-corrected chi connectivity index (χ2v) is 6.62. The predicted molar refractivity (Wildman–Crippen MR) is 79.3 cm³/mol. The van der Waals surface area contributed by atoms with E-state index >= 15 is 0 Å². The lowest BCUT2D eigenvalue weighted by Gasteiger charge is -2.46. The van der Waals surface area contributed by atoms with Gasteiger partial charge in [0.25, 0.3) is 0 Å². The molecule has 0 bridgehead atoms. The number of aryl methyl sites for hydroxylation is 1. The van der Waals surface area contributed by atoms with Gasteiger partial charge in [-0.1, -0.05) is 19.1 Å². The van der Waals surface area contributed by atoms with Crippen molar-refractivity contribution in [3.63, 3.8) is 0 Å². The van der Waals surface area contributed by atoms with Gasteiger partial charge in [0.15, 0.2) is 0 Å². The minimum absolute atomic E-state index is 0.0752. The number of hydrogen-bond acceptors (Lipinski definition) is 2. The van der Waals surface area contributed by atoms with Crippen molar-refractivity contribution in [2.75, 3.05) is 0 Å². The van der Waals surface area contributed by atoms with Crippen LogP contribution in [-0.2, 0) is 12.5 Å². The van der Waals surface area contributed by atoms with Gasteiger partial charge in [0.1, 0.15) is 12.2 Å². The van der Waals surface area contributed by atoms with E-state index in [0.717, 1.165) is 11.7 Å². The standard InChI is InChI=1S/C14H16IN3/c1-10-7-14(8-10,13-17-16-9-18(13)2)11-4-3-5-12(15)6-11/h3-6,9-10H,7-8H2,1-2H3. The van der Waals surface area contributed by atoms with Crippen molar-refractivity contribution < 1.29 is 0 Å². The molecule has 0 unspecified atom stereocenters. The molecule has 2 aromatic rings. The van der Waals surface area contributed by atoms with Crippen LogP contribution in [0.5, 0.6) is 0 Å². The minimum Gasteiger partial charge on any atom is -0.320 e. The summed E-state index contributed by atoms with van der Waals surface area (Å²) in [5.74, 6) is 1.86. The second-order valence-electron chi connectivity index (χ2n) is 5.37. The summed E-state index contributed by atoms with van der Waals surface area (Å²) in [5.41, 5.74) is 1.45. The van der Waals surface area contributed by atoms with Gasteiger partial charge in [-0.25, -0.2) is 0 Å². The van der Waals surface area contributed by atoms with Gasteiger partial charge in [-0.3, -0.25) is 0 Å². The average Bonchev–Trinajstić information content (AvgIpc) is 2.71. The molecule has 1 aromatic heterocycles. The molecule has 4 heteroatoms. The van der Waals surface area contributed by atoms with E-state index in [1.54, 1.807) is 6.33 Å². The van der Waals surface area contributed by atoms with Gasteiger partial charge in [-0.15, -0.1) is 10.2 Å². The molecule has 0 spiro atoms. The number of halogens is 1. The Morgan fingerprint density at radius 1 is 1.39 bits per heavy atom. The van der Waals surface area contributed by atoms with Gasteiger partial charge in [-0.2, -0.15) is 0 Å². The van der Waals surface area contributed by atoms with Gasteiger partial charge in [0, 0.05) is 10.6 Å². The van der Waals surface area contributed by atoms with E-state index in [9.17, 15) is 0 Å². The van der Waals surface area contributed by atoms with Crippen LogP contribution in [0, 0.1) is 9.49 Å². The van der Waals surface area contributed by atoms with Crippen molar-refractivity contribution in [2.24, 2.45) is 13.0 Å². The van der Waals surface area contributed by atoms with E-state index in [2.05, 4.69) is 68.5 Å². The Labute approximate surface area is 121 Å². The number of rotatable bonds is 2. The molecule has 94 valence electrons. The van der Waals surface area contributed by atoms with Crippen LogP contribution in [0.25, 0.3) is 0 Å². The fourth-order valence-corrected chi connectivity index (χ4v) is 3.72. The normalized spacial score (nSPS) is 26.9. The van der Waals surface area contributed by atoms with Crippen molar-refractivity contribution in [1.29, 1.82) is 0 Å².